The first-order valence-corrected chi connectivity index (χ1v) is 5.67. The summed E-state index contributed by atoms with van der Waals surface area (Å²) >= 11 is 0. The molecule has 0 fully saturated rings. The lowest BCUT2D eigenvalue weighted by molar-refractivity contribution is -0.122. The van der Waals surface area contributed by atoms with Gasteiger partial charge in [-0.1, -0.05) is 37.3 Å². The molecule has 2 atom stereocenters. The molecule has 0 aliphatic rings. The van der Waals surface area contributed by atoms with Gasteiger partial charge in [0, 0.05) is 6.42 Å². The Balaban J connectivity index is 2.54. The molecular formula is C13H19NO2. The number of amides is 1. The van der Waals surface area contributed by atoms with Crippen molar-refractivity contribution >= 4 is 5.91 Å². The minimum absolute atomic E-state index is 0.00928. The van der Waals surface area contributed by atoms with Gasteiger partial charge < -0.3 is 10.4 Å². The van der Waals surface area contributed by atoms with Crippen LogP contribution in [0.1, 0.15) is 38.4 Å². The van der Waals surface area contributed by atoms with E-state index in [1.54, 1.807) is 0 Å². The van der Waals surface area contributed by atoms with Crippen molar-refractivity contribution in [1.82, 2.24) is 5.32 Å². The molecule has 0 radical (unpaired) electrons. The molecule has 3 nitrogen and oxygen atoms in total. The maximum Gasteiger partial charge on any atom is 0.220 e. The van der Waals surface area contributed by atoms with Crippen molar-refractivity contribution in [1.29, 1.82) is 0 Å². The molecule has 2 N–H and O–H groups in total. The number of hydrogen-bond acceptors (Lipinski definition) is 2. The van der Waals surface area contributed by atoms with E-state index in [2.05, 4.69) is 5.32 Å². The Bertz CT molecular complexity index is 324. The van der Waals surface area contributed by atoms with Gasteiger partial charge in [0.1, 0.15) is 0 Å². The van der Waals surface area contributed by atoms with Crippen molar-refractivity contribution in [2.24, 2.45) is 0 Å². The second-order valence-corrected chi connectivity index (χ2v) is 3.96. The first kappa shape index (κ1) is 12.7. The quantitative estimate of drug-likeness (QED) is 0.799. The van der Waals surface area contributed by atoms with Gasteiger partial charge in [-0.25, -0.2) is 0 Å². The molecule has 0 heterocycles. The molecule has 0 bridgehead atoms. The van der Waals surface area contributed by atoms with E-state index in [1.807, 2.05) is 44.2 Å². The zero-order chi connectivity index (χ0) is 12.0. The van der Waals surface area contributed by atoms with Crippen molar-refractivity contribution in [3.63, 3.8) is 0 Å². The van der Waals surface area contributed by atoms with Gasteiger partial charge in [-0.15, -0.1) is 0 Å². The molecule has 0 aliphatic carbocycles. The minimum Gasteiger partial charge on any atom is -0.386 e. The summed E-state index contributed by atoms with van der Waals surface area (Å²) < 4.78 is 0. The Labute approximate surface area is 96.5 Å². The van der Waals surface area contributed by atoms with Gasteiger partial charge in [-0.05, 0) is 18.9 Å². The van der Waals surface area contributed by atoms with Crippen LogP contribution in [0.2, 0.25) is 0 Å². The molecule has 0 aromatic heterocycles. The number of hydrogen-bond donors (Lipinski definition) is 2. The van der Waals surface area contributed by atoms with Crippen molar-refractivity contribution in [2.75, 3.05) is 0 Å². The fraction of sp³-hybridized carbons (Fsp3) is 0.462. The molecule has 0 saturated heterocycles. The van der Waals surface area contributed by atoms with Gasteiger partial charge in [0.25, 0.3) is 0 Å². The van der Waals surface area contributed by atoms with Crippen molar-refractivity contribution < 1.29 is 9.90 Å². The minimum atomic E-state index is -0.651. The Kier molecular flexibility index (Phi) is 4.99. The number of carbonyl (C=O) groups excluding carboxylic acids is 1. The molecule has 0 spiro atoms. The molecule has 1 rings (SSSR count). The summed E-state index contributed by atoms with van der Waals surface area (Å²) in [5.41, 5.74) is 0.826. The largest absolute Gasteiger partial charge is 0.386 e. The van der Waals surface area contributed by atoms with Gasteiger partial charge in [0.2, 0.25) is 5.91 Å². The normalized spacial score (nSPS) is 14.2. The van der Waals surface area contributed by atoms with Gasteiger partial charge in [0.15, 0.2) is 0 Å². The Hall–Kier alpha value is -1.35. The fourth-order valence-electron chi connectivity index (χ4n) is 1.57. The lowest BCUT2D eigenvalue weighted by Crippen LogP contribution is -2.36. The smallest absolute Gasteiger partial charge is 0.220 e. The summed E-state index contributed by atoms with van der Waals surface area (Å²) in [6.07, 6.45) is 0.674. The van der Waals surface area contributed by atoms with E-state index >= 15 is 0 Å². The summed E-state index contributed by atoms with van der Waals surface area (Å²) in [6.45, 7) is 3.77. The SMILES string of the molecule is CCCC(=O)N[C@@H](C)[C@H](O)c1ccccc1. The molecule has 0 aliphatic heterocycles. The topological polar surface area (TPSA) is 49.3 Å². The summed E-state index contributed by atoms with van der Waals surface area (Å²) in [7, 11) is 0. The van der Waals surface area contributed by atoms with E-state index in [-0.39, 0.29) is 11.9 Å². The fourth-order valence-corrected chi connectivity index (χ4v) is 1.57. The highest BCUT2D eigenvalue weighted by molar-refractivity contribution is 5.76. The molecule has 0 unspecified atom stereocenters. The van der Waals surface area contributed by atoms with Crippen LogP contribution in [0.25, 0.3) is 0 Å². The van der Waals surface area contributed by atoms with Crippen LogP contribution in [0, 0.1) is 0 Å². The highest BCUT2D eigenvalue weighted by Crippen LogP contribution is 2.15. The van der Waals surface area contributed by atoms with Crippen LogP contribution in [0.4, 0.5) is 0 Å². The highest BCUT2D eigenvalue weighted by atomic mass is 16.3. The maximum absolute atomic E-state index is 11.4. The van der Waals surface area contributed by atoms with Crippen LogP contribution in [-0.2, 0) is 4.79 Å². The summed E-state index contributed by atoms with van der Waals surface area (Å²) in [5, 5.41) is 12.8. The summed E-state index contributed by atoms with van der Waals surface area (Å²) in [5.74, 6) is -0.00928. The molecule has 1 aromatic carbocycles. The second-order valence-electron chi connectivity index (χ2n) is 3.96. The van der Waals surface area contributed by atoms with Gasteiger partial charge in [0.05, 0.1) is 12.1 Å². The number of nitrogens with one attached hydrogen (secondary N) is 1. The van der Waals surface area contributed by atoms with Crippen LogP contribution in [-0.4, -0.2) is 17.1 Å². The average molecular weight is 221 g/mol. The van der Waals surface area contributed by atoms with Crippen LogP contribution < -0.4 is 5.32 Å². The van der Waals surface area contributed by atoms with E-state index in [0.717, 1.165) is 12.0 Å². The van der Waals surface area contributed by atoms with Gasteiger partial charge in [-0.2, -0.15) is 0 Å². The number of aliphatic hydroxyl groups excluding tert-OH is 1. The van der Waals surface area contributed by atoms with Crippen molar-refractivity contribution in [3.8, 4) is 0 Å². The lowest BCUT2D eigenvalue weighted by Gasteiger charge is -2.20. The van der Waals surface area contributed by atoms with E-state index in [4.69, 9.17) is 0 Å². The van der Waals surface area contributed by atoms with Crippen LogP contribution >= 0.6 is 0 Å². The standard InChI is InChI=1S/C13H19NO2/c1-3-7-12(15)14-10(2)13(16)11-8-5-4-6-9-11/h4-6,8-10,13,16H,3,7H2,1-2H3,(H,14,15)/t10-,13-/m0/s1. The number of benzene rings is 1. The zero-order valence-electron chi connectivity index (χ0n) is 9.81. The van der Waals surface area contributed by atoms with Crippen LogP contribution in [0.3, 0.4) is 0 Å². The van der Waals surface area contributed by atoms with Gasteiger partial charge in [-0.3, -0.25) is 4.79 Å². The van der Waals surface area contributed by atoms with Crippen LogP contribution in [0.15, 0.2) is 30.3 Å². The summed E-state index contributed by atoms with van der Waals surface area (Å²) in [4.78, 5) is 11.4. The van der Waals surface area contributed by atoms with E-state index in [0.29, 0.717) is 6.42 Å². The first-order chi connectivity index (χ1) is 7.65. The summed E-state index contributed by atoms with van der Waals surface area (Å²) in [6, 6.07) is 9.09. The molecule has 88 valence electrons. The number of aliphatic hydroxyl groups is 1. The molecule has 0 saturated carbocycles. The second kappa shape index (κ2) is 6.28. The predicted octanol–water partition coefficient (Wildman–Crippen LogP) is 2.02. The maximum atomic E-state index is 11.4. The third-order valence-corrected chi connectivity index (χ3v) is 2.48. The van der Waals surface area contributed by atoms with E-state index in [1.165, 1.54) is 0 Å². The van der Waals surface area contributed by atoms with Gasteiger partial charge >= 0.3 is 0 Å². The number of carbonyl (C=O) groups is 1. The average Bonchev–Trinajstić information content (AvgIpc) is 2.29. The Morgan fingerprint density at radius 2 is 2.00 bits per heavy atom. The molecular weight excluding hydrogens is 202 g/mol. The molecule has 3 heteroatoms. The van der Waals surface area contributed by atoms with E-state index < -0.39 is 6.10 Å². The molecule has 16 heavy (non-hydrogen) atoms. The highest BCUT2D eigenvalue weighted by Gasteiger charge is 2.17. The molecule has 1 aromatic rings. The van der Waals surface area contributed by atoms with Crippen LogP contribution in [0.5, 0.6) is 0 Å². The lowest BCUT2D eigenvalue weighted by atomic mass is 10.0. The first-order valence-electron chi connectivity index (χ1n) is 5.67. The van der Waals surface area contributed by atoms with Crippen molar-refractivity contribution in [3.05, 3.63) is 35.9 Å². The number of rotatable bonds is 5. The third-order valence-electron chi connectivity index (χ3n) is 2.48. The monoisotopic (exact) mass is 221 g/mol. The zero-order valence-corrected chi connectivity index (χ0v) is 9.81. The van der Waals surface area contributed by atoms with E-state index in [9.17, 15) is 9.90 Å². The van der Waals surface area contributed by atoms with Crippen molar-refractivity contribution in [2.45, 2.75) is 38.8 Å². The Morgan fingerprint density at radius 1 is 1.38 bits per heavy atom. The predicted molar refractivity (Wildman–Crippen MR) is 63.9 cm³/mol. The molecule has 1 amide bonds. The Morgan fingerprint density at radius 3 is 2.56 bits per heavy atom. The third kappa shape index (κ3) is 3.66.